The topological polar surface area (TPSA) is 38.5 Å². The molecule has 1 aromatic rings. The maximum absolute atomic E-state index is 13.4. The number of ether oxygens (including phenoxy) is 1. The fraction of sp³-hybridized carbons (Fsp3) is 0.538. The number of hydrogen-bond donors (Lipinski definition) is 1. The Morgan fingerprint density at radius 2 is 2.06 bits per heavy atom. The van der Waals surface area contributed by atoms with Crippen molar-refractivity contribution in [2.45, 2.75) is 18.9 Å². The number of morpholine rings is 1. The Hall–Kier alpha value is -1.13. The van der Waals surface area contributed by atoms with Gasteiger partial charge in [-0.15, -0.1) is 0 Å². The second-order valence-electron chi connectivity index (χ2n) is 4.78. The zero-order chi connectivity index (χ0) is 11.8. The number of anilines is 1. The molecule has 1 aliphatic carbocycles. The number of benzene rings is 1. The van der Waals surface area contributed by atoms with Crippen molar-refractivity contribution in [2.75, 3.05) is 32.0 Å². The monoisotopic (exact) mass is 236 g/mol. The molecule has 1 aromatic carbocycles. The minimum Gasteiger partial charge on any atom is -0.396 e. The van der Waals surface area contributed by atoms with E-state index in [9.17, 15) is 4.39 Å². The highest BCUT2D eigenvalue weighted by Gasteiger charge is 2.29. The van der Waals surface area contributed by atoms with Crippen molar-refractivity contribution in [3.05, 3.63) is 29.1 Å². The molecule has 0 bridgehead atoms. The minimum atomic E-state index is -0.286. The van der Waals surface area contributed by atoms with Gasteiger partial charge < -0.3 is 10.5 Å². The third kappa shape index (κ3) is 1.91. The zero-order valence-electron chi connectivity index (χ0n) is 9.79. The summed E-state index contributed by atoms with van der Waals surface area (Å²) in [6.07, 6.45) is 2.02. The van der Waals surface area contributed by atoms with Crippen LogP contribution in [0.25, 0.3) is 0 Å². The van der Waals surface area contributed by atoms with Gasteiger partial charge in [0, 0.05) is 19.1 Å². The molecule has 2 aliphatic rings. The molecule has 2 N–H and O–H groups in total. The summed E-state index contributed by atoms with van der Waals surface area (Å²) in [7, 11) is 0. The van der Waals surface area contributed by atoms with Gasteiger partial charge in [0.05, 0.1) is 18.9 Å². The van der Waals surface area contributed by atoms with Crippen molar-refractivity contribution in [2.24, 2.45) is 0 Å². The van der Waals surface area contributed by atoms with Crippen LogP contribution < -0.4 is 5.73 Å². The van der Waals surface area contributed by atoms with Crippen molar-refractivity contribution >= 4 is 5.69 Å². The molecule has 0 radical (unpaired) electrons. The molecule has 0 spiro atoms. The lowest BCUT2D eigenvalue weighted by Gasteiger charge is -2.32. The Morgan fingerprint density at radius 1 is 1.29 bits per heavy atom. The summed E-state index contributed by atoms with van der Waals surface area (Å²) in [5, 5.41) is 0. The summed E-state index contributed by atoms with van der Waals surface area (Å²) < 4.78 is 18.7. The van der Waals surface area contributed by atoms with Gasteiger partial charge in [-0.05, 0) is 36.1 Å². The Labute approximate surface area is 100 Å². The third-order valence-electron chi connectivity index (χ3n) is 3.79. The second-order valence-corrected chi connectivity index (χ2v) is 4.78. The van der Waals surface area contributed by atoms with Gasteiger partial charge in [0.25, 0.3) is 0 Å². The highest BCUT2D eigenvalue weighted by molar-refractivity contribution is 5.49. The third-order valence-corrected chi connectivity index (χ3v) is 3.79. The molecule has 4 heteroatoms. The lowest BCUT2D eigenvalue weighted by atomic mass is 10.1. The van der Waals surface area contributed by atoms with Crippen LogP contribution in [0.15, 0.2) is 12.1 Å². The lowest BCUT2D eigenvalue weighted by Crippen LogP contribution is -2.38. The van der Waals surface area contributed by atoms with Crippen molar-refractivity contribution in [3.63, 3.8) is 0 Å². The van der Waals surface area contributed by atoms with Crippen molar-refractivity contribution in [3.8, 4) is 0 Å². The molecule has 17 heavy (non-hydrogen) atoms. The standard InChI is InChI=1S/C13H17FN2O/c14-11-7-9-1-2-13(10(9)8-12(11)15)16-3-5-17-6-4-16/h7-8,13H,1-6,15H2. The average Bonchev–Trinajstić information content (AvgIpc) is 2.74. The molecule has 1 unspecified atom stereocenters. The van der Waals surface area contributed by atoms with Gasteiger partial charge in [0.2, 0.25) is 0 Å². The lowest BCUT2D eigenvalue weighted by molar-refractivity contribution is 0.0164. The molecule has 1 fully saturated rings. The van der Waals surface area contributed by atoms with Crippen LogP contribution in [0.1, 0.15) is 23.6 Å². The van der Waals surface area contributed by atoms with E-state index in [2.05, 4.69) is 4.90 Å². The van der Waals surface area contributed by atoms with Crippen LogP contribution in [0.4, 0.5) is 10.1 Å². The summed E-state index contributed by atoms with van der Waals surface area (Å²) in [6, 6.07) is 3.82. The van der Waals surface area contributed by atoms with Gasteiger partial charge in [-0.25, -0.2) is 4.39 Å². The highest BCUT2D eigenvalue weighted by atomic mass is 19.1. The van der Waals surface area contributed by atoms with E-state index < -0.39 is 0 Å². The molecule has 3 nitrogen and oxygen atoms in total. The van der Waals surface area contributed by atoms with E-state index in [4.69, 9.17) is 10.5 Å². The van der Waals surface area contributed by atoms with E-state index in [1.165, 1.54) is 5.56 Å². The van der Waals surface area contributed by atoms with Crippen LogP contribution in [-0.2, 0) is 11.2 Å². The van der Waals surface area contributed by atoms with Gasteiger partial charge in [0.15, 0.2) is 0 Å². The van der Waals surface area contributed by atoms with Crippen molar-refractivity contribution in [1.82, 2.24) is 4.90 Å². The normalized spacial score (nSPS) is 24.9. The molecule has 1 aliphatic heterocycles. The Morgan fingerprint density at radius 3 is 2.82 bits per heavy atom. The molecule has 0 amide bonds. The predicted octanol–water partition coefficient (Wildman–Crippen LogP) is 1.73. The molecule has 1 heterocycles. The van der Waals surface area contributed by atoms with Crippen molar-refractivity contribution in [1.29, 1.82) is 0 Å². The first-order chi connectivity index (χ1) is 8.25. The fourth-order valence-electron chi connectivity index (χ4n) is 2.89. The highest BCUT2D eigenvalue weighted by Crippen LogP contribution is 2.37. The molecule has 1 atom stereocenters. The van der Waals surface area contributed by atoms with Gasteiger partial charge >= 0.3 is 0 Å². The van der Waals surface area contributed by atoms with Crippen LogP contribution in [0.5, 0.6) is 0 Å². The van der Waals surface area contributed by atoms with E-state index in [1.54, 1.807) is 6.07 Å². The largest absolute Gasteiger partial charge is 0.396 e. The number of rotatable bonds is 1. The van der Waals surface area contributed by atoms with Gasteiger partial charge in [-0.3, -0.25) is 4.90 Å². The average molecular weight is 236 g/mol. The first-order valence-corrected chi connectivity index (χ1v) is 6.15. The first kappa shape index (κ1) is 11.0. The quantitative estimate of drug-likeness (QED) is 0.755. The number of nitrogens with two attached hydrogens (primary N) is 1. The number of nitrogens with zero attached hydrogens (tertiary/aromatic N) is 1. The minimum absolute atomic E-state index is 0.268. The smallest absolute Gasteiger partial charge is 0.146 e. The second kappa shape index (κ2) is 4.27. The number of halogens is 1. The maximum atomic E-state index is 13.4. The van der Waals surface area contributed by atoms with Crippen LogP contribution in [0.3, 0.4) is 0 Å². The van der Waals surface area contributed by atoms with Crippen LogP contribution in [0, 0.1) is 5.82 Å². The van der Waals surface area contributed by atoms with Crippen molar-refractivity contribution < 1.29 is 9.13 Å². The number of hydrogen-bond acceptors (Lipinski definition) is 3. The van der Waals surface area contributed by atoms with E-state index in [0.717, 1.165) is 44.7 Å². The summed E-state index contributed by atoms with van der Waals surface area (Å²) in [4.78, 5) is 2.42. The molecule has 0 aromatic heterocycles. The van der Waals surface area contributed by atoms with Crippen LogP contribution in [0.2, 0.25) is 0 Å². The van der Waals surface area contributed by atoms with E-state index in [1.807, 2.05) is 6.07 Å². The SMILES string of the molecule is Nc1cc2c(cc1F)CCC2N1CCOCC1. The first-order valence-electron chi connectivity index (χ1n) is 6.15. The molecular formula is C13H17FN2O. The molecule has 0 saturated carbocycles. The van der Waals surface area contributed by atoms with Crippen LogP contribution >= 0.6 is 0 Å². The molecule has 1 saturated heterocycles. The number of aryl methyl sites for hydroxylation is 1. The van der Waals surface area contributed by atoms with Gasteiger partial charge in [0.1, 0.15) is 5.82 Å². The summed E-state index contributed by atoms with van der Waals surface area (Å²) in [6.45, 7) is 3.51. The molecule has 92 valence electrons. The Bertz CT molecular complexity index is 430. The Balaban J connectivity index is 1.89. The summed E-state index contributed by atoms with van der Waals surface area (Å²) in [5.74, 6) is -0.286. The number of fused-ring (bicyclic) bond motifs is 1. The van der Waals surface area contributed by atoms with E-state index >= 15 is 0 Å². The van der Waals surface area contributed by atoms with Crippen LogP contribution in [-0.4, -0.2) is 31.2 Å². The zero-order valence-corrected chi connectivity index (χ0v) is 9.79. The molecule has 3 rings (SSSR count). The fourth-order valence-corrected chi connectivity index (χ4v) is 2.89. The summed E-state index contributed by atoms with van der Waals surface area (Å²) >= 11 is 0. The Kier molecular flexibility index (Phi) is 2.76. The van der Waals surface area contributed by atoms with E-state index in [-0.39, 0.29) is 11.5 Å². The maximum Gasteiger partial charge on any atom is 0.146 e. The van der Waals surface area contributed by atoms with Gasteiger partial charge in [-0.2, -0.15) is 0 Å². The predicted molar refractivity (Wildman–Crippen MR) is 64.3 cm³/mol. The van der Waals surface area contributed by atoms with Gasteiger partial charge in [-0.1, -0.05) is 0 Å². The van der Waals surface area contributed by atoms with E-state index in [0.29, 0.717) is 6.04 Å². The molecular weight excluding hydrogens is 219 g/mol. The summed E-state index contributed by atoms with van der Waals surface area (Å²) in [5.41, 5.74) is 8.27. The number of nitrogen functional groups attached to an aromatic ring is 1.